The van der Waals surface area contributed by atoms with Gasteiger partial charge in [0.15, 0.2) is 11.9 Å². The Hall–Kier alpha value is -2.45. The average molecular weight is 443 g/mol. The number of thiophene rings is 1. The lowest BCUT2D eigenvalue weighted by Crippen LogP contribution is -2.31. The van der Waals surface area contributed by atoms with Gasteiger partial charge in [-0.15, -0.1) is 11.3 Å². The van der Waals surface area contributed by atoms with Crippen molar-refractivity contribution in [2.75, 3.05) is 6.61 Å². The zero-order valence-electron chi connectivity index (χ0n) is 17.8. The zero-order chi connectivity index (χ0) is 21.8. The number of benzene rings is 1. The minimum Gasteiger partial charge on any atom is -0.463 e. The van der Waals surface area contributed by atoms with Crippen LogP contribution in [0.1, 0.15) is 31.2 Å². The lowest BCUT2D eigenvalue weighted by Gasteiger charge is -2.22. The molecule has 0 unspecified atom stereocenters. The van der Waals surface area contributed by atoms with Crippen molar-refractivity contribution < 1.29 is 28.5 Å². The molecular formula is C24H26O6S. The summed E-state index contributed by atoms with van der Waals surface area (Å²) in [5.41, 5.74) is 1.41. The van der Waals surface area contributed by atoms with Crippen molar-refractivity contribution in [2.45, 2.75) is 51.7 Å². The second-order valence-electron chi connectivity index (χ2n) is 7.69. The molecule has 3 heterocycles. The van der Waals surface area contributed by atoms with E-state index in [1.807, 2.05) is 61.7 Å². The largest absolute Gasteiger partial charge is 0.463 e. The molecule has 6 nitrogen and oxygen atoms in total. The molecule has 0 radical (unpaired) electrons. The topological polar surface area (TPSA) is 63.2 Å². The van der Waals surface area contributed by atoms with Crippen LogP contribution in [0.15, 0.2) is 65.3 Å². The highest BCUT2D eigenvalue weighted by Gasteiger charge is 2.54. The summed E-state index contributed by atoms with van der Waals surface area (Å²) in [5, 5.41) is 1.95. The first-order valence-electron chi connectivity index (χ1n) is 10.3. The van der Waals surface area contributed by atoms with Gasteiger partial charge < -0.3 is 23.7 Å². The second-order valence-corrected chi connectivity index (χ2v) is 8.67. The van der Waals surface area contributed by atoms with Crippen LogP contribution in [-0.2, 0) is 35.1 Å². The quantitative estimate of drug-likeness (QED) is 0.459. The SMILES string of the molecule is CCOC(=O)C(=C\c1cccs1)/C=C1/O[C@@H]2OC(C)(C)O[C@@H]2[C@H]1OCc1ccccc1. The van der Waals surface area contributed by atoms with E-state index in [2.05, 4.69) is 0 Å². The molecule has 0 saturated carbocycles. The summed E-state index contributed by atoms with van der Waals surface area (Å²) in [7, 11) is 0. The summed E-state index contributed by atoms with van der Waals surface area (Å²) < 4.78 is 29.4. The van der Waals surface area contributed by atoms with Crippen molar-refractivity contribution in [3.05, 3.63) is 75.7 Å². The molecule has 0 amide bonds. The van der Waals surface area contributed by atoms with Crippen LogP contribution >= 0.6 is 11.3 Å². The third-order valence-electron chi connectivity index (χ3n) is 4.84. The average Bonchev–Trinajstić information content (AvgIpc) is 3.42. The summed E-state index contributed by atoms with van der Waals surface area (Å²) in [6, 6.07) is 13.7. The Bertz CT molecular complexity index is 948. The van der Waals surface area contributed by atoms with E-state index in [0.29, 0.717) is 17.9 Å². The number of fused-ring (bicyclic) bond motifs is 1. The maximum absolute atomic E-state index is 12.6. The summed E-state index contributed by atoms with van der Waals surface area (Å²) in [6.45, 7) is 6.12. The molecule has 0 N–H and O–H groups in total. The molecule has 1 aromatic heterocycles. The van der Waals surface area contributed by atoms with Crippen LogP contribution in [-0.4, -0.2) is 36.9 Å². The molecule has 0 spiro atoms. The Morgan fingerprint density at radius 3 is 2.68 bits per heavy atom. The van der Waals surface area contributed by atoms with Crippen molar-refractivity contribution in [2.24, 2.45) is 0 Å². The van der Waals surface area contributed by atoms with Crippen LogP contribution < -0.4 is 0 Å². The molecule has 31 heavy (non-hydrogen) atoms. The molecule has 7 heteroatoms. The van der Waals surface area contributed by atoms with Gasteiger partial charge in [-0.05, 0) is 49.9 Å². The molecular weight excluding hydrogens is 416 g/mol. The third-order valence-corrected chi connectivity index (χ3v) is 5.66. The van der Waals surface area contributed by atoms with Crippen LogP contribution in [0.4, 0.5) is 0 Å². The molecule has 2 aliphatic heterocycles. The second kappa shape index (κ2) is 9.36. The molecule has 2 aromatic rings. The van der Waals surface area contributed by atoms with Gasteiger partial charge in [0.25, 0.3) is 0 Å². The van der Waals surface area contributed by atoms with Crippen molar-refractivity contribution in [3.63, 3.8) is 0 Å². The van der Waals surface area contributed by atoms with Gasteiger partial charge in [-0.3, -0.25) is 0 Å². The lowest BCUT2D eigenvalue weighted by atomic mass is 10.1. The number of hydrogen-bond donors (Lipinski definition) is 0. The van der Waals surface area contributed by atoms with Gasteiger partial charge in [-0.25, -0.2) is 4.79 Å². The van der Waals surface area contributed by atoms with Crippen LogP contribution in [0.5, 0.6) is 0 Å². The fourth-order valence-corrected chi connectivity index (χ4v) is 4.19. The Labute approximate surface area is 186 Å². The van der Waals surface area contributed by atoms with E-state index in [1.54, 1.807) is 19.1 Å². The molecule has 3 atom stereocenters. The molecule has 4 rings (SSSR count). The van der Waals surface area contributed by atoms with Gasteiger partial charge in [-0.1, -0.05) is 36.4 Å². The van der Waals surface area contributed by atoms with E-state index in [1.165, 1.54) is 11.3 Å². The summed E-state index contributed by atoms with van der Waals surface area (Å²) >= 11 is 1.53. The highest BCUT2D eigenvalue weighted by Crippen LogP contribution is 2.41. The Balaban J connectivity index is 1.62. The number of ether oxygens (including phenoxy) is 5. The van der Waals surface area contributed by atoms with Crippen molar-refractivity contribution >= 4 is 23.4 Å². The van der Waals surface area contributed by atoms with E-state index >= 15 is 0 Å². The summed E-state index contributed by atoms with van der Waals surface area (Å²) in [4.78, 5) is 13.5. The van der Waals surface area contributed by atoms with Gasteiger partial charge in [0.1, 0.15) is 11.9 Å². The fourth-order valence-electron chi connectivity index (χ4n) is 3.52. The smallest absolute Gasteiger partial charge is 0.338 e. The van der Waals surface area contributed by atoms with Gasteiger partial charge in [0, 0.05) is 4.88 Å². The van der Waals surface area contributed by atoms with Crippen LogP contribution in [0.25, 0.3) is 6.08 Å². The monoisotopic (exact) mass is 442 g/mol. The molecule has 2 fully saturated rings. The number of hydrogen-bond acceptors (Lipinski definition) is 7. The van der Waals surface area contributed by atoms with Gasteiger partial charge in [0.05, 0.1) is 18.8 Å². The van der Waals surface area contributed by atoms with Gasteiger partial charge in [0.2, 0.25) is 6.29 Å². The van der Waals surface area contributed by atoms with Crippen LogP contribution in [0, 0.1) is 0 Å². The van der Waals surface area contributed by atoms with Gasteiger partial charge in [-0.2, -0.15) is 0 Å². The highest BCUT2D eigenvalue weighted by molar-refractivity contribution is 7.10. The molecule has 1 aromatic carbocycles. The predicted octanol–water partition coefficient (Wildman–Crippen LogP) is 4.67. The fraction of sp³-hybridized carbons (Fsp3) is 0.375. The molecule has 0 bridgehead atoms. The number of esters is 1. The van der Waals surface area contributed by atoms with E-state index in [-0.39, 0.29) is 6.61 Å². The summed E-state index contributed by atoms with van der Waals surface area (Å²) in [5.74, 6) is -0.711. The maximum Gasteiger partial charge on any atom is 0.338 e. The Morgan fingerprint density at radius 1 is 1.16 bits per heavy atom. The normalized spacial score (nSPS) is 26.0. The Kier molecular flexibility index (Phi) is 6.57. The Morgan fingerprint density at radius 2 is 1.97 bits per heavy atom. The van der Waals surface area contributed by atoms with E-state index in [9.17, 15) is 4.79 Å². The zero-order valence-corrected chi connectivity index (χ0v) is 18.6. The number of carbonyl (C=O) groups is 1. The van der Waals surface area contributed by atoms with E-state index in [4.69, 9.17) is 23.7 Å². The van der Waals surface area contributed by atoms with Crippen molar-refractivity contribution in [1.29, 1.82) is 0 Å². The van der Waals surface area contributed by atoms with Crippen LogP contribution in [0.2, 0.25) is 0 Å². The standard InChI is InChI=1S/C24H26O6S/c1-4-26-22(25)17(13-18-11-8-12-31-18)14-19-20(27-15-16-9-6-5-7-10-16)21-23(28-19)30-24(2,3)29-21/h5-14,20-21,23H,4,15H2,1-3H3/b17-13-,19-14+/t20-,21+,23+/m0/s1. The molecule has 164 valence electrons. The van der Waals surface area contributed by atoms with Crippen molar-refractivity contribution in [3.8, 4) is 0 Å². The maximum atomic E-state index is 12.6. The van der Waals surface area contributed by atoms with Gasteiger partial charge >= 0.3 is 5.97 Å². The predicted molar refractivity (Wildman–Crippen MR) is 117 cm³/mol. The number of carbonyl (C=O) groups excluding carboxylic acids is 1. The molecule has 0 aliphatic carbocycles. The first-order valence-corrected chi connectivity index (χ1v) is 11.1. The minimum absolute atomic E-state index is 0.282. The molecule has 2 aliphatic rings. The minimum atomic E-state index is -0.772. The third kappa shape index (κ3) is 5.25. The van der Waals surface area contributed by atoms with E-state index < -0.39 is 30.3 Å². The lowest BCUT2D eigenvalue weighted by molar-refractivity contribution is -0.191. The number of rotatable bonds is 7. The summed E-state index contributed by atoms with van der Waals surface area (Å²) in [6.07, 6.45) is 1.90. The molecule has 2 saturated heterocycles. The van der Waals surface area contributed by atoms with Crippen LogP contribution in [0.3, 0.4) is 0 Å². The first kappa shape index (κ1) is 21.8. The first-order chi connectivity index (χ1) is 14.9. The highest BCUT2D eigenvalue weighted by atomic mass is 32.1. The van der Waals surface area contributed by atoms with E-state index in [0.717, 1.165) is 10.4 Å². The van der Waals surface area contributed by atoms with Crippen molar-refractivity contribution in [1.82, 2.24) is 0 Å².